The van der Waals surface area contributed by atoms with E-state index in [-0.39, 0.29) is 4.88 Å². The highest BCUT2D eigenvalue weighted by Gasteiger charge is 2.45. The van der Waals surface area contributed by atoms with Gasteiger partial charge in [0.2, 0.25) is 0 Å². The van der Waals surface area contributed by atoms with Gasteiger partial charge >= 0.3 is 6.18 Å². The molecule has 3 aromatic rings. The third-order valence-electron chi connectivity index (χ3n) is 4.33. The van der Waals surface area contributed by atoms with Gasteiger partial charge in [-0.1, -0.05) is 23.5 Å². The van der Waals surface area contributed by atoms with Crippen molar-refractivity contribution in [2.75, 3.05) is 7.11 Å². The minimum Gasteiger partial charge on any atom is -0.497 e. The first-order valence-corrected chi connectivity index (χ1v) is 10.8. The molecule has 10 heteroatoms. The first-order chi connectivity index (χ1) is 13.4. The van der Waals surface area contributed by atoms with Crippen LogP contribution in [0.15, 0.2) is 30.5 Å². The fourth-order valence-electron chi connectivity index (χ4n) is 2.71. The smallest absolute Gasteiger partial charge is 0.409 e. The van der Waals surface area contributed by atoms with E-state index in [9.17, 15) is 17.4 Å². The van der Waals surface area contributed by atoms with Crippen LogP contribution in [-0.4, -0.2) is 31.6 Å². The van der Waals surface area contributed by atoms with E-state index in [1.165, 1.54) is 0 Å². The second-order valence-corrected chi connectivity index (χ2v) is 10.5. The zero-order chi connectivity index (χ0) is 21.6. The van der Waals surface area contributed by atoms with Crippen molar-refractivity contribution in [2.45, 2.75) is 44.7 Å². The number of alkyl halides is 3. The maximum absolute atomic E-state index is 13.8. The minimum atomic E-state index is -4.59. The molecule has 0 saturated carbocycles. The molecule has 0 saturated heterocycles. The molecule has 0 spiro atoms. The molecule has 0 aliphatic heterocycles. The van der Waals surface area contributed by atoms with Crippen LogP contribution in [0.4, 0.5) is 13.2 Å². The zero-order valence-electron chi connectivity index (χ0n) is 16.6. The lowest BCUT2D eigenvalue weighted by molar-refractivity contribution is -0.152. The molecule has 1 N–H and O–H groups in total. The Morgan fingerprint density at radius 2 is 1.97 bits per heavy atom. The number of aromatic nitrogens is 2. The number of ether oxygens (including phenoxy) is 1. The summed E-state index contributed by atoms with van der Waals surface area (Å²) in [5.74, 6) is 0.669. The molecule has 0 radical (unpaired) electrons. The Balaban J connectivity index is 2.02. The topological polar surface area (TPSA) is 55.6 Å². The average molecular weight is 446 g/mol. The van der Waals surface area contributed by atoms with Crippen molar-refractivity contribution in [2.24, 2.45) is 0 Å². The van der Waals surface area contributed by atoms with Gasteiger partial charge in [-0.05, 0) is 39.8 Å². The molecule has 0 aliphatic rings. The normalized spacial score (nSPS) is 14.9. The van der Waals surface area contributed by atoms with Crippen molar-refractivity contribution in [1.82, 2.24) is 14.1 Å². The number of methoxy groups -OCH3 is 1. The van der Waals surface area contributed by atoms with Crippen LogP contribution in [0, 0.1) is 6.92 Å². The quantitative estimate of drug-likeness (QED) is 0.599. The summed E-state index contributed by atoms with van der Waals surface area (Å²) in [6, 6.07) is 5.27. The SMILES string of the molecule is COc1cccc(-c2cn3c(C)c([C@H](N[S@@](=O)C(C)(C)C)C(F)(F)F)sc3n2)c1. The summed E-state index contributed by atoms with van der Waals surface area (Å²) in [6.45, 7) is 6.48. The van der Waals surface area contributed by atoms with Crippen LogP contribution >= 0.6 is 11.3 Å². The largest absolute Gasteiger partial charge is 0.497 e. The third kappa shape index (κ3) is 4.49. The van der Waals surface area contributed by atoms with E-state index in [4.69, 9.17) is 4.74 Å². The van der Waals surface area contributed by atoms with Crippen LogP contribution in [0.1, 0.15) is 37.4 Å². The van der Waals surface area contributed by atoms with Crippen molar-refractivity contribution >= 4 is 27.3 Å². The predicted molar refractivity (Wildman–Crippen MR) is 110 cm³/mol. The molecule has 0 amide bonds. The lowest BCUT2D eigenvalue weighted by atomic mass is 10.1. The summed E-state index contributed by atoms with van der Waals surface area (Å²) in [4.78, 5) is 4.98. The van der Waals surface area contributed by atoms with Crippen LogP contribution in [0.3, 0.4) is 0 Å². The molecule has 2 heterocycles. The molecule has 3 rings (SSSR count). The fraction of sp³-hybridized carbons (Fsp3) is 0.421. The lowest BCUT2D eigenvalue weighted by Gasteiger charge is -2.25. The van der Waals surface area contributed by atoms with Gasteiger partial charge in [0.25, 0.3) is 0 Å². The summed E-state index contributed by atoms with van der Waals surface area (Å²) in [6.07, 6.45) is -2.89. The lowest BCUT2D eigenvalue weighted by Crippen LogP contribution is -2.41. The van der Waals surface area contributed by atoms with Crippen molar-refractivity contribution in [3.05, 3.63) is 41.0 Å². The molecule has 0 aliphatic carbocycles. The van der Waals surface area contributed by atoms with E-state index in [1.54, 1.807) is 51.5 Å². The summed E-state index contributed by atoms with van der Waals surface area (Å²) in [5.41, 5.74) is 1.85. The number of nitrogens with one attached hydrogen (secondary N) is 1. The minimum absolute atomic E-state index is 0.0507. The Morgan fingerprint density at radius 3 is 2.52 bits per heavy atom. The van der Waals surface area contributed by atoms with Gasteiger partial charge in [0.15, 0.2) is 11.0 Å². The molecule has 29 heavy (non-hydrogen) atoms. The van der Waals surface area contributed by atoms with Crippen molar-refractivity contribution < 1.29 is 22.1 Å². The van der Waals surface area contributed by atoms with Gasteiger partial charge < -0.3 is 4.74 Å². The molecular weight excluding hydrogens is 423 g/mol. The van der Waals surface area contributed by atoms with E-state index >= 15 is 0 Å². The standard InChI is InChI=1S/C19H22F3N3O2S2/c1-11-15(16(19(20,21)22)24-29(26)18(2,3)4)28-17-23-14(10-25(11)17)12-7-6-8-13(9-12)27-5/h6-10,16,24H,1-5H3/t16-,29-/m0/s1. The van der Waals surface area contributed by atoms with Crippen LogP contribution in [-0.2, 0) is 11.0 Å². The first-order valence-electron chi connectivity index (χ1n) is 8.79. The Bertz CT molecular complexity index is 1050. The predicted octanol–water partition coefficient (Wildman–Crippen LogP) is 5.04. The van der Waals surface area contributed by atoms with Gasteiger partial charge in [-0.25, -0.2) is 13.9 Å². The Kier molecular flexibility index (Phi) is 5.81. The summed E-state index contributed by atoms with van der Waals surface area (Å²) >= 11 is 0.941. The van der Waals surface area contributed by atoms with Gasteiger partial charge in [-0.15, -0.1) is 0 Å². The van der Waals surface area contributed by atoms with E-state index in [0.717, 1.165) is 16.9 Å². The average Bonchev–Trinajstić information content (AvgIpc) is 3.17. The summed E-state index contributed by atoms with van der Waals surface area (Å²) in [5, 5.41) is 0. The number of fused-ring (bicyclic) bond motifs is 1. The molecule has 158 valence electrons. The van der Waals surface area contributed by atoms with E-state index in [0.29, 0.717) is 22.1 Å². The molecule has 2 aromatic heterocycles. The number of benzene rings is 1. The Labute approximate surface area is 173 Å². The molecule has 2 atom stereocenters. The van der Waals surface area contributed by atoms with Crippen molar-refractivity contribution in [3.8, 4) is 17.0 Å². The third-order valence-corrected chi connectivity index (χ3v) is 7.11. The molecule has 0 unspecified atom stereocenters. The second kappa shape index (κ2) is 7.73. The summed E-state index contributed by atoms with van der Waals surface area (Å²) in [7, 11) is -0.314. The van der Waals surface area contributed by atoms with Crippen LogP contribution in [0.5, 0.6) is 5.75 Å². The van der Waals surface area contributed by atoms with Gasteiger partial charge in [0, 0.05) is 17.5 Å². The molecule has 1 aromatic carbocycles. The molecule has 0 bridgehead atoms. The number of rotatable bonds is 5. The van der Waals surface area contributed by atoms with Crippen molar-refractivity contribution in [3.63, 3.8) is 0 Å². The molecular formula is C19H22F3N3O2S2. The Morgan fingerprint density at radius 1 is 1.28 bits per heavy atom. The number of hydrogen-bond donors (Lipinski definition) is 1. The highest BCUT2D eigenvalue weighted by atomic mass is 32.2. The highest BCUT2D eigenvalue weighted by Crippen LogP contribution is 2.40. The number of imidazole rings is 1. The summed E-state index contributed by atoms with van der Waals surface area (Å²) < 4.78 is 61.9. The fourth-order valence-corrected chi connectivity index (χ4v) is 4.79. The zero-order valence-corrected chi connectivity index (χ0v) is 18.3. The number of halogens is 3. The monoisotopic (exact) mass is 445 g/mol. The second-order valence-electron chi connectivity index (χ2n) is 7.54. The number of thiazole rings is 1. The van der Waals surface area contributed by atoms with Gasteiger partial charge in [0.05, 0.1) is 33.4 Å². The van der Waals surface area contributed by atoms with E-state index in [2.05, 4.69) is 9.71 Å². The number of aryl methyl sites for hydroxylation is 1. The Hall–Kier alpha value is -1.91. The molecule has 5 nitrogen and oxygen atoms in total. The van der Waals surface area contributed by atoms with E-state index < -0.39 is 28.0 Å². The van der Waals surface area contributed by atoms with Gasteiger partial charge in [-0.2, -0.15) is 13.2 Å². The number of hydrogen-bond acceptors (Lipinski definition) is 4. The maximum Gasteiger partial charge on any atom is 0.409 e. The molecule has 0 fully saturated rings. The maximum atomic E-state index is 13.8. The highest BCUT2D eigenvalue weighted by molar-refractivity contribution is 7.84. The number of nitrogens with zero attached hydrogens (tertiary/aromatic N) is 2. The van der Waals surface area contributed by atoms with Gasteiger partial charge in [-0.3, -0.25) is 4.40 Å². The van der Waals surface area contributed by atoms with Gasteiger partial charge in [0.1, 0.15) is 5.75 Å². The van der Waals surface area contributed by atoms with Crippen LogP contribution < -0.4 is 9.46 Å². The van der Waals surface area contributed by atoms with Crippen LogP contribution in [0.25, 0.3) is 16.2 Å². The van der Waals surface area contributed by atoms with Crippen LogP contribution in [0.2, 0.25) is 0 Å². The van der Waals surface area contributed by atoms with Crippen molar-refractivity contribution in [1.29, 1.82) is 0 Å². The first kappa shape index (κ1) is 21.8. The van der Waals surface area contributed by atoms with E-state index in [1.807, 2.05) is 18.2 Å².